The Morgan fingerprint density at radius 2 is 2.18 bits per heavy atom. The second-order valence-electron chi connectivity index (χ2n) is 2.40. The Kier molecular flexibility index (Phi) is 2.24. The minimum atomic E-state index is -2.50. The van der Waals surface area contributed by atoms with E-state index in [1.54, 1.807) is 29.9 Å². The Balaban J connectivity index is 2.84. The van der Waals surface area contributed by atoms with Crippen molar-refractivity contribution in [1.82, 2.24) is 4.57 Å². The number of nitrogens with two attached hydrogens (primary N) is 1. The first-order valence-electron chi connectivity index (χ1n) is 3.28. The molecule has 2 nitrogen and oxygen atoms in total. The van der Waals surface area contributed by atoms with Crippen molar-refractivity contribution in [2.24, 2.45) is 12.8 Å². The highest BCUT2D eigenvalue weighted by Gasteiger charge is 2.18. The first kappa shape index (κ1) is 8.20. The first-order valence-corrected chi connectivity index (χ1v) is 3.28. The number of nitrogens with zero attached hydrogens (tertiary/aromatic N) is 1. The van der Waals surface area contributed by atoms with Crippen LogP contribution in [0.25, 0.3) is 0 Å². The summed E-state index contributed by atoms with van der Waals surface area (Å²) < 4.78 is 25.7. The van der Waals surface area contributed by atoms with Crippen molar-refractivity contribution in [2.75, 3.05) is 0 Å². The summed E-state index contributed by atoms with van der Waals surface area (Å²) in [5, 5.41) is 0. The molecule has 0 aliphatic heterocycles. The van der Waals surface area contributed by atoms with Crippen molar-refractivity contribution < 1.29 is 8.78 Å². The molecule has 2 N–H and O–H groups in total. The molecule has 0 fully saturated rings. The van der Waals surface area contributed by atoms with Gasteiger partial charge in [0.2, 0.25) is 0 Å². The van der Waals surface area contributed by atoms with Gasteiger partial charge in [-0.1, -0.05) is 0 Å². The number of hydrogen-bond donors (Lipinski definition) is 1. The van der Waals surface area contributed by atoms with Crippen LogP contribution >= 0.6 is 0 Å². The van der Waals surface area contributed by atoms with Crippen LogP contribution in [-0.4, -0.2) is 11.0 Å². The predicted molar refractivity (Wildman–Crippen MR) is 38.3 cm³/mol. The highest BCUT2D eigenvalue weighted by Crippen LogP contribution is 2.16. The van der Waals surface area contributed by atoms with Crippen molar-refractivity contribution in [2.45, 2.75) is 12.5 Å². The lowest BCUT2D eigenvalue weighted by Gasteiger charge is -2.10. The topological polar surface area (TPSA) is 30.9 Å². The van der Waals surface area contributed by atoms with Crippen LogP contribution in [0.15, 0.2) is 18.3 Å². The van der Waals surface area contributed by atoms with Crippen LogP contribution < -0.4 is 5.73 Å². The molecule has 0 bridgehead atoms. The Bertz CT molecular complexity index is 232. The largest absolute Gasteiger partial charge is 0.353 e. The van der Waals surface area contributed by atoms with Crippen LogP contribution in [0.3, 0.4) is 0 Å². The van der Waals surface area contributed by atoms with E-state index in [-0.39, 0.29) is 0 Å². The number of halogens is 2. The lowest BCUT2D eigenvalue weighted by molar-refractivity contribution is 0.113. The van der Waals surface area contributed by atoms with Crippen LogP contribution in [0.2, 0.25) is 0 Å². The quantitative estimate of drug-likeness (QED) is 0.694. The molecule has 0 aliphatic rings. The van der Waals surface area contributed by atoms with E-state index in [4.69, 9.17) is 5.73 Å². The summed E-state index contributed by atoms with van der Waals surface area (Å²) in [6, 6.07) is 2.11. The second kappa shape index (κ2) is 3.00. The molecular formula is C7H10F2N2. The molecule has 0 saturated carbocycles. The van der Waals surface area contributed by atoms with Crippen molar-refractivity contribution >= 4 is 0 Å². The molecule has 0 aliphatic carbocycles. The van der Waals surface area contributed by atoms with Gasteiger partial charge in [0.25, 0.3) is 6.43 Å². The molecule has 0 saturated heterocycles. The zero-order valence-electron chi connectivity index (χ0n) is 6.17. The fraction of sp³-hybridized carbons (Fsp3) is 0.429. The third-order valence-corrected chi connectivity index (χ3v) is 1.60. The molecule has 1 rings (SSSR count). The number of alkyl halides is 2. The second-order valence-corrected chi connectivity index (χ2v) is 2.40. The van der Waals surface area contributed by atoms with E-state index >= 15 is 0 Å². The summed E-state index contributed by atoms with van der Waals surface area (Å²) >= 11 is 0. The summed E-state index contributed by atoms with van der Waals surface area (Å²) in [7, 11) is 1.69. The van der Waals surface area contributed by atoms with Crippen molar-refractivity contribution in [3.05, 3.63) is 24.0 Å². The van der Waals surface area contributed by atoms with Gasteiger partial charge in [-0.05, 0) is 12.1 Å². The molecule has 1 heterocycles. The maximum Gasteiger partial charge on any atom is 0.259 e. The van der Waals surface area contributed by atoms with Gasteiger partial charge >= 0.3 is 0 Å². The molecule has 1 aromatic heterocycles. The van der Waals surface area contributed by atoms with Gasteiger partial charge in [-0.3, -0.25) is 0 Å². The lowest BCUT2D eigenvalue weighted by Crippen LogP contribution is -2.21. The van der Waals surface area contributed by atoms with Gasteiger partial charge in [-0.15, -0.1) is 0 Å². The Morgan fingerprint density at radius 3 is 2.55 bits per heavy atom. The fourth-order valence-corrected chi connectivity index (χ4v) is 0.950. The van der Waals surface area contributed by atoms with E-state index in [2.05, 4.69) is 0 Å². The molecular weight excluding hydrogens is 150 g/mol. The van der Waals surface area contributed by atoms with Crippen molar-refractivity contribution in [1.29, 1.82) is 0 Å². The summed E-state index contributed by atoms with van der Waals surface area (Å²) in [5.74, 6) is 0. The Morgan fingerprint density at radius 1 is 1.55 bits per heavy atom. The standard InChI is InChI=1S/C7H10F2N2/c1-11-4-2-3-5(11)6(10)7(8)9/h2-4,6-7H,10H2,1H3/t6-/m1/s1. The zero-order chi connectivity index (χ0) is 8.43. The van der Waals surface area contributed by atoms with Crippen molar-refractivity contribution in [3.8, 4) is 0 Å². The van der Waals surface area contributed by atoms with Crippen LogP contribution in [0.4, 0.5) is 8.78 Å². The van der Waals surface area contributed by atoms with Gasteiger partial charge in [-0.25, -0.2) is 8.78 Å². The van der Waals surface area contributed by atoms with Crippen LogP contribution in [0.5, 0.6) is 0 Å². The molecule has 1 atom stereocenters. The fourth-order valence-electron chi connectivity index (χ4n) is 0.950. The van der Waals surface area contributed by atoms with E-state index in [0.717, 1.165) is 0 Å². The highest BCUT2D eigenvalue weighted by atomic mass is 19.3. The van der Waals surface area contributed by atoms with Gasteiger partial charge in [0.1, 0.15) is 6.04 Å². The monoisotopic (exact) mass is 160 g/mol. The highest BCUT2D eigenvalue weighted by molar-refractivity contribution is 5.11. The maximum atomic E-state index is 12.0. The van der Waals surface area contributed by atoms with Crippen LogP contribution in [0, 0.1) is 0 Å². The molecule has 1 aromatic rings. The molecule has 0 unspecified atom stereocenters. The Labute approximate surface area is 63.6 Å². The molecule has 11 heavy (non-hydrogen) atoms. The maximum absolute atomic E-state index is 12.0. The molecule has 62 valence electrons. The summed E-state index contributed by atoms with van der Waals surface area (Å²) in [5.41, 5.74) is 5.67. The third-order valence-electron chi connectivity index (χ3n) is 1.60. The molecule has 0 amide bonds. The van der Waals surface area contributed by atoms with Gasteiger partial charge in [-0.2, -0.15) is 0 Å². The Hall–Kier alpha value is -0.900. The van der Waals surface area contributed by atoms with Crippen LogP contribution in [-0.2, 0) is 7.05 Å². The average molecular weight is 160 g/mol. The van der Waals surface area contributed by atoms with Crippen LogP contribution in [0.1, 0.15) is 11.7 Å². The third kappa shape index (κ3) is 1.57. The molecule has 4 heteroatoms. The number of rotatable bonds is 2. The summed E-state index contributed by atoms with van der Waals surface area (Å²) in [4.78, 5) is 0. The van der Waals surface area contributed by atoms with Gasteiger partial charge < -0.3 is 10.3 Å². The van der Waals surface area contributed by atoms with E-state index in [0.29, 0.717) is 5.69 Å². The lowest BCUT2D eigenvalue weighted by atomic mass is 10.2. The van der Waals surface area contributed by atoms with Gasteiger partial charge in [0.15, 0.2) is 0 Å². The van der Waals surface area contributed by atoms with Crippen molar-refractivity contribution in [3.63, 3.8) is 0 Å². The minimum Gasteiger partial charge on any atom is -0.353 e. The van der Waals surface area contributed by atoms with E-state index in [9.17, 15) is 8.78 Å². The molecule has 0 spiro atoms. The smallest absolute Gasteiger partial charge is 0.259 e. The van der Waals surface area contributed by atoms with E-state index in [1.807, 2.05) is 0 Å². The minimum absolute atomic E-state index is 0.458. The zero-order valence-corrected chi connectivity index (χ0v) is 6.17. The average Bonchev–Trinajstić information content (AvgIpc) is 2.33. The van der Waals surface area contributed by atoms with Gasteiger partial charge in [0, 0.05) is 18.9 Å². The van der Waals surface area contributed by atoms with Gasteiger partial charge in [0.05, 0.1) is 0 Å². The predicted octanol–water partition coefficient (Wildman–Crippen LogP) is 1.29. The summed E-state index contributed by atoms with van der Waals surface area (Å²) in [6.45, 7) is 0. The number of aryl methyl sites for hydroxylation is 1. The summed E-state index contributed by atoms with van der Waals surface area (Å²) in [6.07, 6.45) is -0.805. The first-order chi connectivity index (χ1) is 5.13. The SMILES string of the molecule is Cn1cccc1[C@@H](N)C(F)F. The number of aromatic nitrogens is 1. The van der Waals surface area contributed by atoms with E-state index < -0.39 is 12.5 Å². The normalized spacial score (nSPS) is 13.9. The molecule has 0 radical (unpaired) electrons. The molecule has 0 aromatic carbocycles. The number of hydrogen-bond acceptors (Lipinski definition) is 1. The van der Waals surface area contributed by atoms with E-state index in [1.165, 1.54) is 0 Å².